The Morgan fingerprint density at radius 3 is 2.67 bits per heavy atom. The van der Waals surface area contributed by atoms with Gasteiger partial charge in [-0.3, -0.25) is 0 Å². The summed E-state index contributed by atoms with van der Waals surface area (Å²) in [7, 11) is -3.49. The summed E-state index contributed by atoms with van der Waals surface area (Å²) >= 11 is 6.42. The molecule has 33 heavy (non-hydrogen) atoms. The van der Waals surface area contributed by atoms with Crippen molar-refractivity contribution in [3.05, 3.63) is 41.2 Å². The number of nitrogens with zero attached hydrogens (tertiary/aromatic N) is 3. The molecule has 0 aliphatic carbocycles. The van der Waals surface area contributed by atoms with Gasteiger partial charge in [0.05, 0.1) is 24.9 Å². The number of H-pyrrole nitrogens is 1. The molecule has 1 aromatic carbocycles. The van der Waals surface area contributed by atoms with Gasteiger partial charge in [-0.05, 0) is 38.0 Å². The van der Waals surface area contributed by atoms with E-state index in [-0.39, 0.29) is 6.04 Å². The molecule has 0 saturated carbocycles. The van der Waals surface area contributed by atoms with E-state index < -0.39 is 14.6 Å². The summed E-state index contributed by atoms with van der Waals surface area (Å²) in [4.78, 5) is 15.1. The van der Waals surface area contributed by atoms with Gasteiger partial charge < -0.3 is 19.4 Å². The minimum atomic E-state index is -3.49. The SMILES string of the molecule is C[C@@H]1COCCN1c1cc(C2(S(C)(=O)=O)CCOCC2)nc(-c2cc(Cl)cc3[nH]ccc23)n1. The third-order valence-electron chi connectivity index (χ3n) is 6.73. The van der Waals surface area contributed by atoms with Gasteiger partial charge in [-0.15, -0.1) is 0 Å². The van der Waals surface area contributed by atoms with Crippen LogP contribution in [-0.4, -0.2) is 68.6 Å². The minimum absolute atomic E-state index is 0.102. The van der Waals surface area contributed by atoms with Gasteiger partial charge in [0.15, 0.2) is 15.7 Å². The number of nitrogens with one attached hydrogen (secondary N) is 1. The molecule has 0 radical (unpaired) electrons. The number of morpholine rings is 1. The van der Waals surface area contributed by atoms with Crippen LogP contribution >= 0.6 is 11.6 Å². The Bertz CT molecular complexity index is 1290. The van der Waals surface area contributed by atoms with Crippen LogP contribution in [0.1, 0.15) is 25.5 Å². The highest BCUT2D eigenvalue weighted by Gasteiger charge is 2.46. The quantitative estimate of drug-likeness (QED) is 0.597. The minimum Gasteiger partial charge on any atom is -0.381 e. The molecule has 176 valence electrons. The standard InChI is InChI=1S/C23H27ClN4O4S/c1-15-14-32-10-7-28(15)21-13-20(23(33(2,29)30)4-8-31-9-5-23)26-22(27-21)18-11-16(24)12-19-17(18)3-6-25-19/h3,6,11-13,15,25H,4-5,7-10,14H2,1-2H3/t15-/m1/s1. The molecular formula is C23H27ClN4O4S. The van der Waals surface area contributed by atoms with E-state index in [0.29, 0.717) is 68.2 Å². The van der Waals surface area contributed by atoms with E-state index in [1.807, 2.05) is 30.5 Å². The van der Waals surface area contributed by atoms with Gasteiger partial charge >= 0.3 is 0 Å². The maximum atomic E-state index is 13.2. The van der Waals surface area contributed by atoms with Crippen LogP contribution in [-0.2, 0) is 24.1 Å². The number of benzene rings is 1. The number of fused-ring (bicyclic) bond motifs is 1. The van der Waals surface area contributed by atoms with E-state index in [9.17, 15) is 8.42 Å². The third-order valence-corrected chi connectivity index (χ3v) is 8.98. The van der Waals surface area contributed by atoms with Gasteiger partial charge in [-0.2, -0.15) is 0 Å². The first-order chi connectivity index (χ1) is 15.8. The molecule has 3 aromatic rings. The van der Waals surface area contributed by atoms with Gasteiger partial charge in [0, 0.05) is 59.8 Å². The number of hydrogen-bond donors (Lipinski definition) is 1. The van der Waals surface area contributed by atoms with Crippen molar-refractivity contribution in [2.75, 3.05) is 44.1 Å². The second kappa shape index (κ2) is 8.54. The van der Waals surface area contributed by atoms with Crippen LogP contribution in [0.25, 0.3) is 22.3 Å². The molecule has 1 atom stereocenters. The Labute approximate surface area is 198 Å². The molecule has 2 aliphatic heterocycles. The summed E-state index contributed by atoms with van der Waals surface area (Å²) in [6, 6.07) is 7.59. The van der Waals surface area contributed by atoms with Crippen molar-refractivity contribution in [1.82, 2.24) is 15.0 Å². The lowest BCUT2D eigenvalue weighted by molar-refractivity contribution is 0.0731. The first kappa shape index (κ1) is 22.6. The van der Waals surface area contributed by atoms with Gasteiger partial charge in [-0.25, -0.2) is 18.4 Å². The van der Waals surface area contributed by atoms with Crippen molar-refractivity contribution < 1.29 is 17.9 Å². The van der Waals surface area contributed by atoms with Crippen LogP contribution in [0.4, 0.5) is 5.82 Å². The third kappa shape index (κ3) is 4.01. The normalized spacial score (nSPS) is 21.4. The van der Waals surface area contributed by atoms with Gasteiger partial charge in [-0.1, -0.05) is 11.6 Å². The summed E-state index contributed by atoms with van der Waals surface area (Å²) in [5, 5.41) is 1.48. The molecule has 5 rings (SSSR count). The molecule has 2 fully saturated rings. The highest BCUT2D eigenvalue weighted by molar-refractivity contribution is 7.91. The highest BCUT2D eigenvalue weighted by atomic mass is 35.5. The van der Waals surface area contributed by atoms with E-state index >= 15 is 0 Å². The smallest absolute Gasteiger partial charge is 0.162 e. The second-order valence-corrected chi connectivity index (χ2v) is 11.6. The zero-order valence-electron chi connectivity index (χ0n) is 18.7. The topological polar surface area (TPSA) is 97.4 Å². The molecule has 4 heterocycles. The molecule has 10 heteroatoms. The fourth-order valence-electron chi connectivity index (χ4n) is 4.84. The average Bonchev–Trinajstić information content (AvgIpc) is 3.26. The van der Waals surface area contributed by atoms with Gasteiger partial charge in [0.2, 0.25) is 0 Å². The Morgan fingerprint density at radius 2 is 1.94 bits per heavy atom. The number of hydrogen-bond acceptors (Lipinski definition) is 7. The van der Waals surface area contributed by atoms with Crippen LogP contribution in [0.15, 0.2) is 30.5 Å². The zero-order valence-corrected chi connectivity index (χ0v) is 20.2. The zero-order chi connectivity index (χ0) is 23.2. The molecule has 0 spiro atoms. The summed E-state index contributed by atoms with van der Waals surface area (Å²) in [6.45, 7) is 4.65. The number of sulfone groups is 1. The number of aromatic amines is 1. The molecular weight excluding hydrogens is 464 g/mol. The highest BCUT2D eigenvalue weighted by Crippen LogP contribution is 2.41. The number of anilines is 1. The fraction of sp³-hybridized carbons (Fsp3) is 0.478. The first-order valence-corrected chi connectivity index (χ1v) is 13.3. The maximum absolute atomic E-state index is 13.2. The van der Waals surface area contributed by atoms with E-state index in [1.165, 1.54) is 6.26 Å². The second-order valence-electron chi connectivity index (χ2n) is 8.82. The molecule has 2 aliphatic rings. The van der Waals surface area contributed by atoms with E-state index in [2.05, 4.69) is 16.8 Å². The lowest BCUT2D eigenvalue weighted by atomic mass is 9.94. The van der Waals surface area contributed by atoms with Crippen LogP contribution in [0.2, 0.25) is 5.02 Å². The Hall–Kier alpha value is -2.20. The summed E-state index contributed by atoms with van der Waals surface area (Å²) in [6.07, 6.45) is 3.85. The molecule has 8 nitrogen and oxygen atoms in total. The van der Waals surface area contributed by atoms with Crippen molar-refractivity contribution in [2.24, 2.45) is 0 Å². The lowest BCUT2D eigenvalue weighted by Gasteiger charge is -2.37. The largest absolute Gasteiger partial charge is 0.381 e. The monoisotopic (exact) mass is 490 g/mol. The van der Waals surface area contributed by atoms with Crippen molar-refractivity contribution in [3.63, 3.8) is 0 Å². The van der Waals surface area contributed by atoms with Crippen molar-refractivity contribution in [3.8, 4) is 11.4 Å². The van der Waals surface area contributed by atoms with E-state index in [1.54, 1.807) is 0 Å². The van der Waals surface area contributed by atoms with Crippen LogP contribution in [0, 0.1) is 0 Å². The molecule has 0 unspecified atom stereocenters. The molecule has 2 aromatic heterocycles. The van der Waals surface area contributed by atoms with Crippen molar-refractivity contribution in [2.45, 2.75) is 30.6 Å². The average molecular weight is 491 g/mol. The maximum Gasteiger partial charge on any atom is 0.162 e. The Balaban J connectivity index is 1.76. The molecule has 0 bridgehead atoms. The van der Waals surface area contributed by atoms with Crippen LogP contribution < -0.4 is 4.90 Å². The predicted molar refractivity (Wildman–Crippen MR) is 129 cm³/mol. The number of ether oxygens (including phenoxy) is 2. The van der Waals surface area contributed by atoms with Gasteiger partial charge in [0.1, 0.15) is 10.6 Å². The van der Waals surface area contributed by atoms with Crippen LogP contribution in [0.5, 0.6) is 0 Å². The Morgan fingerprint density at radius 1 is 1.15 bits per heavy atom. The van der Waals surface area contributed by atoms with Gasteiger partial charge in [0.25, 0.3) is 0 Å². The van der Waals surface area contributed by atoms with Crippen LogP contribution in [0.3, 0.4) is 0 Å². The van der Waals surface area contributed by atoms with Crippen molar-refractivity contribution >= 4 is 38.2 Å². The number of rotatable bonds is 4. The number of halogens is 1. The summed E-state index contributed by atoms with van der Waals surface area (Å²) in [5.74, 6) is 1.16. The first-order valence-electron chi connectivity index (χ1n) is 11.1. The van der Waals surface area contributed by atoms with E-state index in [0.717, 1.165) is 16.5 Å². The van der Waals surface area contributed by atoms with Crippen molar-refractivity contribution in [1.29, 1.82) is 0 Å². The summed E-state index contributed by atoms with van der Waals surface area (Å²) in [5.41, 5.74) is 2.14. The lowest BCUT2D eigenvalue weighted by Crippen LogP contribution is -2.45. The summed E-state index contributed by atoms with van der Waals surface area (Å²) < 4.78 is 36.3. The molecule has 1 N–H and O–H groups in total. The Kier molecular flexibility index (Phi) is 5.84. The van der Waals surface area contributed by atoms with E-state index in [4.69, 9.17) is 31.0 Å². The fourth-order valence-corrected chi connectivity index (χ4v) is 6.45. The number of aromatic nitrogens is 3. The molecule has 2 saturated heterocycles. The molecule has 0 amide bonds. The predicted octanol–water partition coefficient (Wildman–Crippen LogP) is 3.55.